The number of nitrogens with zero attached hydrogens (tertiary/aromatic N) is 3. The molecule has 2 aromatic heterocycles. The number of unbranched alkanes of at least 4 members (excludes halogenated alkanes) is 2. The van der Waals surface area contributed by atoms with E-state index in [0.717, 1.165) is 41.2 Å². The minimum absolute atomic E-state index is 0.147. The summed E-state index contributed by atoms with van der Waals surface area (Å²) < 4.78 is 11.1. The van der Waals surface area contributed by atoms with Crippen LogP contribution in [-0.4, -0.2) is 41.1 Å². The second-order valence-corrected chi connectivity index (χ2v) is 8.41. The van der Waals surface area contributed by atoms with Gasteiger partial charge in [0.25, 0.3) is 5.91 Å². The highest BCUT2D eigenvalue weighted by molar-refractivity contribution is 7.13. The summed E-state index contributed by atoms with van der Waals surface area (Å²) in [6, 6.07) is 11.2. The van der Waals surface area contributed by atoms with Crippen LogP contribution < -0.4 is 9.64 Å². The quantitative estimate of drug-likeness (QED) is 0.364. The van der Waals surface area contributed by atoms with Crippen LogP contribution in [0.15, 0.2) is 48.0 Å². The first kappa shape index (κ1) is 22.0. The number of carbonyl (C=O) groups excluding carboxylic acids is 2. The van der Waals surface area contributed by atoms with Gasteiger partial charge in [-0.2, -0.15) is 0 Å². The Morgan fingerprint density at radius 2 is 2.09 bits per heavy atom. The van der Waals surface area contributed by atoms with Gasteiger partial charge in [-0.3, -0.25) is 19.5 Å². The van der Waals surface area contributed by atoms with Crippen molar-refractivity contribution in [2.24, 2.45) is 0 Å². The molecule has 0 saturated heterocycles. The molecule has 0 spiro atoms. The average Bonchev–Trinajstić information content (AvgIpc) is 3.30. The number of thiazole rings is 1. The monoisotopic (exact) mass is 451 g/mol. The van der Waals surface area contributed by atoms with Gasteiger partial charge in [-0.25, -0.2) is 4.98 Å². The lowest BCUT2D eigenvalue weighted by Crippen LogP contribution is -2.47. The van der Waals surface area contributed by atoms with Crippen LogP contribution in [0.3, 0.4) is 0 Å². The number of rotatable bonds is 8. The maximum Gasteiger partial charge on any atom is 0.326 e. The Morgan fingerprint density at radius 1 is 1.22 bits per heavy atom. The van der Waals surface area contributed by atoms with Crippen molar-refractivity contribution >= 4 is 28.9 Å². The van der Waals surface area contributed by atoms with E-state index in [1.807, 2.05) is 41.8 Å². The molecule has 0 N–H and O–H groups in total. The Hall–Kier alpha value is -3.26. The van der Waals surface area contributed by atoms with E-state index in [-0.39, 0.29) is 12.5 Å². The summed E-state index contributed by atoms with van der Waals surface area (Å²) in [7, 11) is 0. The van der Waals surface area contributed by atoms with Crippen molar-refractivity contribution in [1.82, 2.24) is 9.97 Å². The second kappa shape index (κ2) is 9.91. The number of ether oxygens (including phenoxy) is 2. The number of pyridine rings is 1. The second-order valence-electron chi connectivity index (χ2n) is 7.55. The van der Waals surface area contributed by atoms with Gasteiger partial charge in [0.15, 0.2) is 6.10 Å². The van der Waals surface area contributed by atoms with Crippen LogP contribution in [0.1, 0.15) is 33.1 Å². The third kappa shape index (κ3) is 4.80. The fourth-order valence-electron chi connectivity index (χ4n) is 3.46. The molecular weight excluding hydrogens is 426 g/mol. The summed E-state index contributed by atoms with van der Waals surface area (Å²) in [4.78, 5) is 35.7. The van der Waals surface area contributed by atoms with Gasteiger partial charge in [0.2, 0.25) is 0 Å². The standard InChI is InChI=1S/C24H25N3O4S/c1-3-4-7-12-30-22(28)14-27-20-13-17(9-10-21(20)31-16(2)24(27)29)19-15-32-23(26-19)18-8-5-6-11-25-18/h5-6,8-11,13,15-16H,3-4,7,12,14H2,1-2H3. The smallest absolute Gasteiger partial charge is 0.326 e. The Kier molecular flexibility index (Phi) is 6.80. The van der Waals surface area contributed by atoms with Crippen LogP contribution in [0, 0.1) is 0 Å². The molecule has 7 nitrogen and oxygen atoms in total. The van der Waals surface area contributed by atoms with Crippen molar-refractivity contribution in [3.8, 4) is 27.7 Å². The van der Waals surface area contributed by atoms with Gasteiger partial charge < -0.3 is 9.47 Å². The van der Waals surface area contributed by atoms with Crippen LogP contribution in [-0.2, 0) is 14.3 Å². The van der Waals surface area contributed by atoms with Gasteiger partial charge in [-0.1, -0.05) is 25.8 Å². The molecule has 0 saturated carbocycles. The van der Waals surface area contributed by atoms with Crippen molar-refractivity contribution in [3.63, 3.8) is 0 Å². The summed E-state index contributed by atoms with van der Waals surface area (Å²) in [6.07, 6.45) is 3.93. The average molecular weight is 452 g/mol. The molecule has 3 heterocycles. The number of hydrogen-bond donors (Lipinski definition) is 0. The molecule has 32 heavy (non-hydrogen) atoms. The predicted molar refractivity (Wildman–Crippen MR) is 124 cm³/mol. The molecule has 1 unspecified atom stereocenters. The lowest BCUT2D eigenvalue weighted by molar-refractivity contribution is -0.143. The molecule has 0 fully saturated rings. The lowest BCUT2D eigenvalue weighted by atomic mass is 10.1. The first-order valence-corrected chi connectivity index (χ1v) is 11.6. The number of fused-ring (bicyclic) bond motifs is 1. The lowest BCUT2D eigenvalue weighted by Gasteiger charge is -2.32. The van der Waals surface area contributed by atoms with Crippen LogP contribution in [0.4, 0.5) is 5.69 Å². The van der Waals surface area contributed by atoms with Gasteiger partial charge in [-0.05, 0) is 43.7 Å². The topological polar surface area (TPSA) is 81.6 Å². The van der Waals surface area contributed by atoms with Crippen molar-refractivity contribution in [2.45, 2.75) is 39.2 Å². The van der Waals surface area contributed by atoms with Crippen molar-refractivity contribution < 1.29 is 19.1 Å². The number of benzene rings is 1. The highest BCUT2D eigenvalue weighted by Gasteiger charge is 2.33. The fraction of sp³-hybridized carbons (Fsp3) is 0.333. The van der Waals surface area contributed by atoms with Gasteiger partial charge in [0.05, 0.1) is 23.7 Å². The SMILES string of the molecule is CCCCCOC(=O)CN1C(=O)C(C)Oc2ccc(-c3csc(-c4ccccn4)n3)cc21. The minimum atomic E-state index is -0.670. The largest absolute Gasteiger partial charge is 0.479 e. The predicted octanol–water partition coefficient (Wildman–Crippen LogP) is 4.72. The van der Waals surface area contributed by atoms with Gasteiger partial charge in [0, 0.05) is 17.1 Å². The first-order valence-electron chi connectivity index (χ1n) is 10.7. The van der Waals surface area contributed by atoms with E-state index in [1.54, 1.807) is 13.1 Å². The molecule has 0 radical (unpaired) electrons. The zero-order valence-corrected chi connectivity index (χ0v) is 18.9. The van der Waals surface area contributed by atoms with Gasteiger partial charge in [-0.15, -0.1) is 11.3 Å². The third-order valence-electron chi connectivity index (χ3n) is 5.15. The highest BCUT2D eigenvalue weighted by atomic mass is 32.1. The van der Waals surface area contributed by atoms with Gasteiger partial charge in [0.1, 0.15) is 17.3 Å². The first-order chi connectivity index (χ1) is 15.6. The zero-order valence-electron chi connectivity index (χ0n) is 18.1. The summed E-state index contributed by atoms with van der Waals surface area (Å²) in [6.45, 7) is 3.98. The van der Waals surface area contributed by atoms with Crippen molar-refractivity contribution in [1.29, 1.82) is 0 Å². The molecule has 166 valence electrons. The van der Waals surface area contributed by atoms with E-state index in [9.17, 15) is 9.59 Å². The van der Waals surface area contributed by atoms with E-state index >= 15 is 0 Å². The summed E-state index contributed by atoms with van der Waals surface area (Å²) in [5.74, 6) is -0.140. The van der Waals surface area contributed by atoms with Crippen LogP contribution in [0.25, 0.3) is 22.0 Å². The Bertz CT molecular complexity index is 1100. The van der Waals surface area contributed by atoms with Crippen LogP contribution in [0.2, 0.25) is 0 Å². The van der Waals surface area contributed by atoms with E-state index in [2.05, 4.69) is 11.9 Å². The summed E-state index contributed by atoms with van der Waals surface area (Å²) in [5.41, 5.74) is 2.95. The molecule has 1 aromatic carbocycles. The Labute approximate surface area is 191 Å². The molecule has 1 atom stereocenters. The summed E-state index contributed by atoms with van der Waals surface area (Å²) in [5, 5.41) is 2.76. The van der Waals surface area contributed by atoms with E-state index in [1.165, 1.54) is 16.2 Å². The highest BCUT2D eigenvalue weighted by Crippen LogP contribution is 2.38. The van der Waals surface area contributed by atoms with E-state index in [4.69, 9.17) is 14.5 Å². The van der Waals surface area contributed by atoms with Crippen LogP contribution >= 0.6 is 11.3 Å². The maximum atomic E-state index is 12.8. The fourth-order valence-corrected chi connectivity index (χ4v) is 4.26. The minimum Gasteiger partial charge on any atom is -0.479 e. The number of hydrogen-bond acceptors (Lipinski definition) is 7. The number of carbonyl (C=O) groups is 2. The molecule has 1 aliphatic heterocycles. The number of esters is 1. The van der Waals surface area contributed by atoms with Gasteiger partial charge >= 0.3 is 5.97 Å². The summed E-state index contributed by atoms with van der Waals surface area (Å²) >= 11 is 1.50. The molecular formula is C24H25N3O4S. The number of amides is 1. The molecule has 3 aromatic rings. The molecule has 4 rings (SSSR count). The Balaban J connectivity index is 1.57. The van der Waals surface area contributed by atoms with E-state index < -0.39 is 12.1 Å². The zero-order chi connectivity index (χ0) is 22.5. The molecule has 8 heteroatoms. The normalized spacial score (nSPS) is 15.2. The molecule has 1 aliphatic rings. The molecule has 0 aliphatic carbocycles. The van der Waals surface area contributed by atoms with E-state index in [0.29, 0.717) is 18.0 Å². The third-order valence-corrected chi connectivity index (χ3v) is 6.01. The maximum absolute atomic E-state index is 12.8. The molecule has 1 amide bonds. The van der Waals surface area contributed by atoms with Crippen molar-refractivity contribution in [3.05, 3.63) is 48.0 Å². The Morgan fingerprint density at radius 3 is 2.88 bits per heavy atom. The van der Waals surface area contributed by atoms with Crippen molar-refractivity contribution in [2.75, 3.05) is 18.1 Å². The number of aromatic nitrogens is 2. The number of anilines is 1. The molecule has 0 bridgehead atoms. The van der Waals surface area contributed by atoms with Crippen LogP contribution in [0.5, 0.6) is 5.75 Å².